The third-order valence-corrected chi connectivity index (χ3v) is 9.71. The molecule has 0 saturated carbocycles. The van der Waals surface area contributed by atoms with E-state index >= 15 is 0 Å². The molecule has 0 radical (unpaired) electrons. The average molecular weight is 486 g/mol. The number of unbranched alkanes of at least 4 members (excludes halogenated alkanes) is 1. The van der Waals surface area contributed by atoms with E-state index in [1.807, 2.05) is 6.92 Å². The van der Waals surface area contributed by atoms with Gasteiger partial charge in [-0.1, -0.05) is 19.4 Å². The quantitative estimate of drug-likeness (QED) is 0.569. The molecule has 2 amide bonds. The van der Waals surface area contributed by atoms with Crippen molar-refractivity contribution in [3.63, 3.8) is 0 Å². The fraction of sp³-hybridized carbons (Fsp3) is 0.619. The van der Waals surface area contributed by atoms with Crippen molar-refractivity contribution < 1.29 is 26.4 Å². The van der Waals surface area contributed by atoms with Crippen LogP contribution in [-0.4, -0.2) is 93.0 Å². The lowest BCUT2D eigenvalue weighted by Crippen LogP contribution is -2.49. The molecular formula is C21H31N3O6S2. The smallest absolute Gasteiger partial charge is 0.254 e. The van der Waals surface area contributed by atoms with E-state index in [9.17, 15) is 26.4 Å². The zero-order valence-corrected chi connectivity index (χ0v) is 20.2. The van der Waals surface area contributed by atoms with Gasteiger partial charge >= 0.3 is 0 Å². The Morgan fingerprint density at radius 1 is 1.16 bits per heavy atom. The number of carbonyl (C=O) groups excluding carboxylic acids is 2. The first kappa shape index (κ1) is 24.7. The standard InChI is InChI=1S/C21H31N3O6S2/c1-3-4-9-24(19-8-14-31(27,28)16-19)21(26)18-6-5-7-20(15-18)32(29,30)23-12-10-22(11-13-23)17(2)25/h5-7,15,19H,3-4,8-14,16H2,1-2H3. The predicted octanol–water partition coefficient (Wildman–Crippen LogP) is 0.969. The Bertz CT molecular complexity index is 1060. The maximum atomic E-state index is 13.3. The van der Waals surface area contributed by atoms with Gasteiger partial charge in [0.25, 0.3) is 5.91 Å². The van der Waals surface area contributed by atoms with Crippen LogP contribution in [0, 0.1) is 0 Å². The molecule has 2 aliphatic heterocycles. The number of hydrogen-bond acceptors (Lipinski definition) is 6. The molecule has 0 spiro atoms. The normalized spacial score (nSPS) is 21.4. The molecule has 0 bridgehead atoms. The number of sulfone groups is 1. The molecule has 1 atom stereocenters. The van der Waals surface area contributed by atoms with Gasteiger partial charge in [-0.25, -0.2) is 16.8 Å². The summed E-state index contributed by atoms with van der Waals surface area (Å²) in [7, 11) is -6.98. The van der Waals surface area contributed by atoms with E-state index < -0.39 is 19.9 Å². The van der Waals surface area contributed by atoms with E-state index in [0.29, 0.717) is 26.1 Å². The van der Waals surface area contributed by atoms with Crippen molar-refractivity contribution in [2.75, 3.05) is 44.2 Å². The highest BCUT2D eigenvalue weighted by atomic mass is 32.2. The molecule has 0 aliphatic carbocycles. The minimum Gasteiger partial charge on any atom is -0.340 e. The zero-order chi connectivity index (χ0) is 23.5. The lowest BCUT2D eigenvalue weighted by molar-refractivity contribution is -0.129. The molecule has 1 aromatic carbocycles. The summed E-state index contributed by atoms with van der Waals surface area (Å²) in [4.78, 5) is 28.0. The molecule has 2 saturated heterocycles. The van der Waals surface area contributed by atoms with Crippen LogP contribution in [0.15, 0.2) is 29.2 Å². The van der Waals surface area contributed by atoms with Crippen molar-refractivity contribution in [2.24, 2.45) is 0 Å². The average Bonchev–Trinajstić information content (AvgIpc) is 3.13. The Morgan fingerprint density at radius 2 is 1.84 bits per heavy atom. The van der Waals surface area contributed by atoms with Crippen LogP contribution in [-0.2, 0) is 24.7 Å². The van der Waals surface area contributed by atoms with Gasteiger partial charge in [-0.15, -0.1) is 0 Å². The van der Waals surface area contributed by atoms with Crippen molar-refractivity contribution in [2.45, 2.75) is 44.0 Å². The van der Waals surface area contributed by atoms with Gasteiger partial charge in [-0.2, -0.15) is 4.31 Å². The molecule has 9 nitrogen and oxygen atoms in total. The highest BCUT2D eigenvalue weighted by Gasteiger charge is 2.35. The number of nitrogens with zero attached hydrogens (tertiary/aromatic N) is 3. The minimum absolute atomic E-state index is 0.0223. The van der Waals surface area contributed by atoms with Crippen molar-refractivity contribution in [1.29, 1.82) is 0 Å². The summed E-state index contributed by atoms with van der Waals surface area (Å²) in [5.74, 6) is -0.426. The van der Waals surface area contributed by atoms with Gasteiger partial charge in [0.15, 0.2) is 9.84 Å². The SMILES string of the molecule is CCCCN(C(=O)c1cccc(S(=O)(=O)N2CCN(C(C)=O)CC2)c1)C1CCS(=O)(=O)C1. The fourth-order valence-corrected chi connectivity index (χ4v) is 7.35. The van der Waals surface area contributed by atoms with Gasteiger partial charge in [-0.3, -0.25) is 9.59 Å². The Hall–Kier alpha value is -1.98. The minimum atomic E-state index is -3.82. The lowest BCUT2D eigenvalue weighted by Gasteiger charge is -2.33. The molecule has 0 N–H and O–H groups in total. The first-order chi connectivity index (χ1) is 15.0. The lowest BCUT2D eigenvalue weighted by atomic mass is 10.1. The summed E-state index contributed by atoms with van der Waals surface area (Å²) in [6, 6.07) is 5.54. The number of hydrogen-bond donors (Lipinski definition) is 0. The molecule has 32 heavy (non-hydrogen) atoms. The van der Waals surface area contributed by atoms with Crippen LogP contribution in [0.2, 0.25) is 0 Å². The number of benzene rings is 1. The van der Waals surface area contributed by atoms with Gasteiger partial charge in [-0.05, 0) is 31.0 Å². The van der Waals surface area contributed by atoms with Crippen molar-refractivity contribution in [3.8, 4) is 0 Å². The van der Waals surface area contributed by atoms with Gasteiger partial charge in [0, 0.05) is 51.3 Å². The molecule has 11 heteroatoms. The molecule has 2 aliphatic rings. The number of amides is 2. The third kappa shape index (κ3) is 5.49. The van der Waals surface area contributed by atoms with Gasteiger partial charge in [0.05, 0.1) is 16.4 Å². The maximum Gasteiger partial charge on any atom is 0.254 e. The Morgan fingerprint density at radius 3 is 2.41 bits per heavy atom. The Labute approximate surface area is 190 Å². The van der Waals surface area contributed by atoms with Gasteiger partial charge in [0.1, 0.15) is 0 Å². The molecule has 2 heterocycles. The van der Waals surface area contributed by atoms with Crippen molar-refractivity contribution in [1.82, 2.24) is 14.1 Å². The van der Waals surface area contributed by atoms with Crippen LogP contribution in [0.5, 0.6) is 0 Å². The molecule has 1 aromatic rings. The predicted molar refractivity (Wildman–Crippen MR) is 120 cm³/mol. The Kier molecular flexibility index (Phi) is 7.61. The molecular weight excluding hydrogens is 454 g/mol. The number of piperazine rings is 1. The number of rotatable bonds is 7. The summed E-state index contributed by atoms with van der Waals surface area (Å²) in [6.07, 6.45) is 1.99. The topological polar surface area (TPSA) is 112 Å². The second kappa shape index (κ2) is 9.88. The zero-order valence-electron chi connectivity index (χ0n) is 18.6. The molecule has 178 valence electrons. The van der Waals surface area contributed by atoms with Crippen LogP contribution in [0.1, 0.15) is 43.5 Å². The van der Waals surface area contributed by atoms with Crippen LogP contribution in [0.3, 0.4) is 0 Å². The van der Waals surface area contributed by atoms with E-state index in [1.54, 1.807) is 15.9 Å². The number of sulfonamides is 1. The summed E-state index contributed by atoms with van der Waals surface area (Å²) in [5.41, 5.74) is 0.230. The van der Waals surface area contributed by atoms with Crippen LogP contribution < -0.4 is 0 Å². The Balaban J connectivity index is 1.81. The first-order valence-electron chi connectivity index (χ1n) is 10.9. The monoisotopic (exact) mass is 485 g/mol. The molecule has 0 aromatic heterocycles. The summed E-state index contributed by atoms with van der Waals surface area (Å²) >= 11 is 0. The summed E-state index contributed by atoms with van der Waals surface area (Å²) in [6.45, 7) is 4.93. The summed E-state index contributed by atoms with van der Waals surface area (Å²) < 4.78 is 51.5. The van der Waals surface area contributed by atoms with Gasteiger partial charge < -0.3 is 9.80 Å². The van der Waals surface area contributed by atoms with E-state index in [1.165, 1.54) is 29.4 Å². The highest BCUT2D eigenvalue weighted by Crippen LogP contribution is 2.23. The van der Waals surface area contributed by atoms with E-state index in [4.69, 9.17) is 0 Å². The highest BCUT2D eigenvalue weighted by molar-refractivity contribution is 7.91. The first-order valence-corrected chi connectivity index (χ1v) is 14.2. The van der Waals surface area contributed by atoms with Crippen LogP contribution >= 0.6 is 0 Å². The van der Waals surface area contributed by atoms with Crippen LogP contribution in [0.4, 0.5) is 0 Å². The largest absolute Gasteiger partial charge is 0.340 e. The summed E-state index contributed by atoms with van der Waals surface area (Å²) in [5, 5.41) is 0. The van der Waals surface area contributed by atoms with Crippen molar-refractivity contribution in [3.05, 3.63) is 29.8 Å². The van der Waals surface area contributed by atoms with E-state index in [0.717, 1.165) is 12.8 Å². The van der Waals surface area contributed by atoms with Gasteiger partial charge in [0.2, 0.25) is 15.9 Å². The fourth-order valence-electron chi connectivity index (χ4n) is 4.15. The molecule has 3 rings (SSSR count). The van der Waals surface area contributed by atoms with Crippen molar-refractivity contribution >= 4 is 31.7 Å². The van der Waals surface area contributed by atoms with Crippen LogP contribution in [0.25, 0.3) is 0 Å². The third-order valence-electron chi connectivity index (χ3n) is 6.07. The molecule has 2 fully saturated rings. The molecule has 1 unspecified atom stereocenters. The van der Waals surface area contributed by atoms with E-state index in [-0.39, 0.29) is 52.9 Å². The number of carbonyl (C=O) groups is 2. The van der Waals surface area contributed by atoms with E-state index in [2.05, 4.69) is 0 Å². The second-order valence-electron chi connectivity index (χ2n) is 8.35. The second-order valence-corrected chi connectivity index (χ2v) is 12.5. The maximum absolute atomic E-state index is 13.3.